The van der Waals surface area contributed by atoms with E-state index < -0.39 is 0 Å². The average molecular weight is 373 g/mol. The van der Waals surface area contributed by atoms with E-state index in [1.54, 1.807) is 19.1 Å². The van der Waals surface area contributed by atoms with Gasteiger partial charge in [0.05, 0.1) is 20.1 Å². The Morgan fingerprint density at radius 2 is 1.81 bits per heavy atom. The molecule has 0 radical (unpaired) electrons. The predicted molar refractivity (Wildman–Crippen MR) is 98.6 cm³/mol. The molecule has 3 unspecified atom stereocenters. The van der Waals surface area contributed by atoms with Crippen LogP contribution in [0.15, 0.2) is 12.1 Å². The second-order valence-electron chi connectivity index (χ2n) is 7.93. The van der Waals surface area contributed by atoms with Crippen LogP contribution in [0.1, 0.15) is 36.8 Å². The number of carbonyl (C=O) groups excluding carboxylic acids is 2. The molecule has 1 aromatic rings. The molecule has 1 aromatic carbocycles. The molecule has 6 nitrogen and oxygen atoms in total. The Hall–Kier alpha value is -2.24. The summed E-state index contributed by atoms with van der Waals surface area (Å²) in [5, 5.41) is 0. The third-order valence-corrected chi connectivity index (χ3v) is 6.45. The van der Waals surface area contributed by atoms with Crippen LogP contribution in [0.4, 0.5) is 0 Å². The van der Waals surface area contributed by atoms with Crippen molar-refractivity contribution < 1.29 is 23.8 Å². The molecule has 2 aliphatic carbocycles. The molecule has 1 amide bonds. The number of esters is 1. The molecule has 0 saturated heterocycles. The van der Waals surface area contributed by atoms with Gasteiger partial charge in [0.1, 0.15) is 0 Å². The maximum atomic E-state index is 12.6. The summed E-state index contributed by atoms with van der Waals surface area (Å²) in [5.41, 5.74) is 2.21. The maximum Gasteiger partial charge on any atom is 0.309 e. The van der Waals surface area contributed by atoms with E-state index in [1.165, 1.54) is 6.42 Å². The third kappa shape index (κ3) is 3.49. The van der Waals surface area contributed by atoms with Crippen LogP contribution in [-0.2, 0) is 27.3 Å². The quantitative estimate of drug-likeness (QED) is 0.742. The first kappa shape index (κ1) is 18.1. The van der Waals surface area contributed by atoms with E-state index in [0.29, 0.717) is 36.4 Å². The smallest absolute Gasteiger partial charge is 0.309 e. The molecule has 3 atom stereocenters. The zero-order valence-corrected chi connectivity index (χ0v) is 16.0. The SMILES string of the molecule is COc1cc2c(cc1OC)CN(C(=O)COC(=O)C1CC3CCC1C3)CC2. The Balaban J connectivity index is 1.34. The van der Waals surface area contributed by atoms with Crippen molar-refractivity contribution >= 4 is 11.9 Å². The molecule has 146 valence electrons. The van der Waals surface area contributed by atoms with E-state index in [1.807, 2.05) is 12.1 Å². The fourth-order valence-electron chi connectivity index (χ4n) is 4.96. The van der Waals surface area contributed by atoms with Gasteiger partial charge in [-0.15, -0.1) is 0 Å². The fourth-order valence-corrected chi connectivity index (χ4v) is 4.96. The van der Waals surface area contributed by atoms with Gasteiger partial charge in [-0.05, 0) is 60.8 Å². The van der Waals surface area contributed by atoms with Gasteiger partial charge in [0.15, 0.2) is 18.1 Å². The van der Waals surface area contributed by atoms with Crippen molar-refractivity contribution in [1.82, 2.24) is 4.90 Å². The lowest BCUT2D eigenvalue weighted by molar-refractivity contribution is -0.157. The minimum absolute atomic E-state index is 0.00959. The number of rotatable bonds is 5. The van der Waals surface area contributed by atoms with Gasteiger partial charge in [0.25, 0.3) is 5.91 Å². The fraction of sp³-hybridized carbons (Fsp3) is 0.619. The second-order valence-corrected chi connectivity index (χ2v) is 7.93. The lowest BCUT2D eigenvalue weighted by Gasteiger charge is -2.29. The Bertz CT molecular complexity index is 746. The summed E-state index contributed by atoms with van der Waals surface area (Å²) in [6, 6.07) is 3.90. The molecule has 0 aromatic heterocycles. The normalized spacial score (nSPS) is 25.9. The van der Waals surface area contributed by atoms with Crippen LogP contribution in [0.2, 0.25) is 0 Å². The number of benzene rings is 1. The van der Waals surface area contributed by atoms with Gasteiger partial charge in [0, 0.05) is 13.1 Å². The van der Waals surface area contributed by atoms with Crippen LogP contribution >= 0.6 is 0 Å². The van der Waals surface area contributed by atoms with Gasteiger partial charge in [-0.1, -0.05) is 6.42 Å². The first-order valence-electron chi connectivity index (χ1n) is 9.77. The van der Waals surface area contributed by atoms with E-state index in [-0.39, 0.29) is 24.4 Å². The van der Waals surface area contributed by atoms with Gasteiger partial charge < -0.3 is 19.1 Å². The summed E-state index contributed by atoms with van der Waals surface area (Å²) in [4.78, 5) is 26.7. The third-order valence-electron chi connectivity index (χ3n) is 6.45. The van der Waals surface area contributed by atoms with E-state index in [4.69, 9.17) is 14.2 Å². The summed E-state index contributed by atoms with van der Waals surface area (Å²) < 4.78 is 16.1. The molecular formula is C21H27NO5. The largest absolute Gasteiger partial charge is 0.493 e. The highest BCUT2D eigenvalue weighted by atomic mass is 16.5. The number of carbonyl (C=O) groups is 2. The van der Waals surface area contributed by atoms with Crippen molar-refractivity contribution in [2.75, 3.05) is 27.4 Å². The summed E-state index contributed by atoms with van der Waals surface area (Å²) >= 11 is 0. The van der Waals surface area contributed by atoms with Gasteiger partial charge >= 0.3 is 5.97 Å². The molecule has 2 fully saturated rings. The number of fused-ring (bicyclic) bond motifs is 3. The Morgan fingerprint density at radius 1 is 1.07 bits per heavy atom. The molecule has 0 spiro atoms. The van der Waals surface area contributed by atoms with Crippen molar-refractivity contribution in [1.29, 1.82) is 0 Å². The molecule has 1 aliphatic heterocycles. The molecule has 0 N–H and O–H groups in total. The monoisotopic (exact) mass is 373 g/mol. The van der Waals surface area contributed by atoms with Crippen molar-refractivity contribution in [2.45, 2.75) is 38.6 Å². The number of amides is 1. The number of hydrogen-bond acceptors (Lipinski definition) is 5. The molecule has 2 bridgehead atoms. The van der Waals surface area contributed by atoms with Crippen molar-refractivity contribution in [3.05, 3.63) is 23.3 Å². The molecule has 1 heterocycles. The first-order chi connectivity index (χ1) is 13.1. The minimum Gasteiger partial charge on any atom is -0.493 e. The number of nitrogens with zero attached hydrogens (tertiary/aromatic N) is 1. The molecule has 4 rings (SSSR count). The van der Waals surface area contributed by atoms with Gasteiger partial charge in [-0.25, -0.2) is 0 Å². The van der Waals surface area contributed by atoms with E-state index in [0.717, 1.165) is 36.8 Å². The predicted octanol–water partition coefficient (Wildman–Crippen LogP) is 2.57. The van der Waals surface area contributed by atoms with Crippen LogP contribution in [0.5, 0.6) is 11.5 Å². The number of hydrogen-bond donors (Lipinski definition) is 0. The zero-order valence-electron chi connectivity index (χ0n) is 16.0. The molecule has 3 aliphatic rings. The zero-order chi connectivity index (χ0) is 19.0. The van der Waals surface area contributed by atoms with Crippen LogP contribution in [0.25, 0.3) is 0 Å². The highest BCUT2D eigenvalue weighted by Gasteiger charge is 2.44. The van der Waals surface area contributed by atoms with E-state index >= 15 is 0 Å². The molecular weight excluding hydrogens is 346 g/mol. The topological polar surface area (TPSA) is 65.1 Å². The highest BCUT2D eigenvalue weighted by Crippen LogP contribution is 2.48. The van der Waals surface area contributed by atoms with E-state index in [2.05, 4.69) is 0 Å². The number of ether oxygens (including phenoxy) is 3. The standard InChI is InChI=1S/C21H27NO5/c1-25-18-9-14-5-6-22(11-16(14)10-19(18)26-2)20(23)12-27-21(24)17-8-13-3-4-15(17)7-13/h9-10,13,15,17H,3-8,11-12H2,1-2H3. The Kier molecular flexibility index (Phi) is 4.98. The lowest BCUT2D eigenvalue weighted by atomic mass is 9.89. The molecule has 6 heteroatoms. The van der Waals surface area contributed by atoms with Crippen LogP contribution in [0, 0.1) is 17.8 Å². The van der Waals surface area contributed by atoms with Gasteiger partial charge in [-0.2, -0.15) is 0 Å². The number of methoxy groups -OCH3 is 2. The maximum absolute atomic E-state index is 12.6. The van der Waals surface area contributed by atoms with Crippen molar-refractivity contribution in [3.63, 3.8) is 0 Å². The van der Waals surface area contributed by atoms with Gasteiger partial charge in [0.2, 0.25) is 0 Å². The first-order valence-corrected chi connectivity index (χ1v) is 9.77. The Labute approximate surface area is 159 Å². The molecule has 27 heavy (non-hydrogen) atoms. The van der Waals surface area contributed by atoms with Crippen molar-refractivity contribution in [3.8, 4) is 11.5 Å². The summed E-state index contributed by atoms with van der Waals surface area (Å²) in [7, 11) is 3.22. The van der Waals surface area contributed by atoms with E-state index in [9.17, 15) is 9.59 Å². The summed E-state index contributed by atoms with van der Waals surface area (Å²) in [5.74, 6) is 2.22. The summed E-state index contributed by atoms with van der Waals surface area (Å²) in [6.07, 6.45) is 5.22. The molecule has 2 saturated carbocycles. The van der Waals surface area contributed by atoms with Gasteiger partial charge in [-0.3, -0.25) is 9.59 Å². The van der Waals surface area contributed by atoms with Crippen LogP contribution in [0.3, 0.4) is 0 Å². The minimum atomic E-state index is -0.181. The highest BCUT2D eigenvalue weighted by molar-refractivity contribution is 5.82. The average Bonchev–Trinajstić information content (AvgIpc) is 3.33. The van der Waals surface area contributed by atoms with Crippen molar-refractivity contribution in [2.24, 2.45) is 17.8 Å². The lowest BCUT2D eigenvalue weighted by Crippen LogP contribution is -2.39. The Morgan fingerprint density at radius 3 is 2.44 bits per heavy atom. The summed E-state index contributed by atoms with van der Waals surface area (Å²) in [6.45, 7) is 0.961. The second kappa shape index (κ2) is 7.41. The van der Waals surface area contributed by atoms with Crippen LogP contribution in [-0.4, -0.2) is 44.1 Å². The van der Waals surface area contributed by atoms with Crippen LogP contribution < -0.4 is 9.47 Å².